The van der Waals surface area contributed by atoms with Crippen molar-refractivity contribution in [2.24, 2.45) is 5.41 Å². The first-order valence-corrected chi connectivity index (χ1v) is 7.23. The molecule has 0 spiro atoms. The van der Waals surface area contributed by atoms with Crippen LogP contribution < -0.4 is 5.32 Å². The van der Waals surface area contributed by atoms with Crippen molar-refractivity contribution in [1.29, 1.82) is 0 Å². The Morgan fingerprint density at radius 1 is 1.00 bits per heavy atom. The molecule has 0 saturated heterocycles. The third-order valence-electron chi connectivity index (χ3n) is 3.81. The molecule has 1 fully saturated rings. The normalized spacial score (nSPS) is 21.5. The van der Waals surface area contributed by atoms with E-state index < -0.39 is 0 Å². The Bertz CT molecular complexity index is 207. The summed E-state index contributed by atoms with van der Waals surface area (Å²) in [5, 5.41) is 3.74. The molecule has 1 saturated carbocycles. The Morgan fingerprint density at radius 2 is 1.53 bits per heavy atom. The second-order valence-corrected chi connectivity index (χ2v) is 7.26. The minimum absolute atomic E-state index is 0.242. The van der Waals surface area contributed by atoms with Crippen LogP contribution >= 0.6 is 0 Å². The Balaban J connectivity index is 2.63. The fourth-order valence-electron chi connectivity index (χ4n) is 2.99. The van der Waals surface area contributed by atoms with Crippen molar-refractivity contribution in [3.8, 4) is 0 Å². The molecule has 2 nitrogen and oxygen atoms in total. The van der Waals surface area contributed by atoms with Gasteiger partial charge in [0.1, 0.15) is 0 Å². The summed E-state index contributed by atoms with van der Waals surface area (Å²) in [6.07, 6.45) is 8.50. The minimum atomic E-state index is 0.242. The monoisotopic (exact) mass is 240 g/mol. The Kier molecular flexibility index (Phi) is 5.46. The smallest absolute Gasteiger partial charge is 0.00967 e. The van der Waals surface area contributed by atoms with Gasteiger partial charge in [-0.25, -0.2) is 0 Å². The molecule has 1 aliphatic carbocycles. The second kappa shape index (κ2) is 6.19. The zero-order valence-corrected chi connectivity index (χ0v) is 12.6. The molecule has 1 aliphatic rings. The van der Waals surface area contributed by atoms with Crippen LogP contribution in [0.1, 0.15) is 59.3 Å². The topological polar surface area (TPSA) is 15.3 Å². The van der Waals surface area contributed by atoms with E-state index in [4.69, 9.17) is 0 Å². The van der Waals surface area contributed by atoms with Gasteiger partial charge in [-0.05, 0) is 53.1 Å². The van der Waals surface area contributed by atoms with Crippen LogP contribution in [0.15, 0.2) is 0 Å². The summed E-state index contributed by atoms with van der Waals surface area (Å²) in [4.78, 5) is 2.37. The van der Waals surface area contributed by atoms with Crippen molar-refractivity contribution in [1.82, 2.24) is 10.2 Å². The molecule has 2 heteroatoms. The third kappa shape index (κ3) is 5.87. The molecule has 0 heterocycles. The highest BCUT2D eigenvalue weighted by atomic mass is 15.1. The number of hydrogen-bond donors (Lipinski definition) is 1. The molecule has 1 rings (SSSR count). The highest BCUT2D eigenvalue weighted by Gasteiger charge is 2.32. The summed E-state index contributed by atoms with van der Waals surface area (Å²) in [6, 6.07) is 0. The van der Waals surface area contributed by atoms with Gasteiger partial charge in [0, 0.05) is 18.6 Å². The highest BCUT2D eigenvalue weighted by Crippen LogP contribution is 2.35. The number of nitrogens with one attached hydrogen (secondary N) is 1. The molecule has 102 valence electrons. The number of hydrogen-bond acceptors (Lipinski definition) is 2. The Labute approximate surface area is 108 Å². The quantitative estimate of drug-likeness (QED) is 0.759. The van der Waals surface area contributed by atoms with E-state index in [1.54, 1.807) is 0 Å². The summed E-state index contributed by atoms with van der Waals surface area (Å²) in [6.45, 7) is 9.22. The molecule has 17 heavy (non-hydrogen) atoms. The van der Waals surface area contributed by atoms with E-state index in [0.29, 0.717) is 5.41 Å². The zero-order chi connectivity index (χ0) is 12.9. The first-order chi connectivity index (χ1) is 7.83. The SMILES string of the molecule is CN(C)CC1(CNC(C)(C)C)CCCCCC1. The summed E-state index contributed by atoms with van der Waals surface area (Å²) in [5.41, 5.74) is 0.749. The molecule has 1 N–H and O–H groups in total. The van der Waals surface area contributed by atoms with E-state index in [0.717, 1.165) is 0 Å². The van der Waals surface area contributed by atoms with Gasteiger partial charge in [0.2, 0.25) is 0 Å². The lowest BCUT2D eigenvalue weighted by atomic mass is 9.79. The maximum atomic E-state index is 3.74. The summed E-state index contributed by atoms with van der Waals surface area (Å²) >= 11 is 0. The highest BCUT2D eigenvalue weighted by molar-refractivity contribution is 4.88. The average molecular weight is 240 g/mol. The van der Waals surface area contributed by atoms with Crippen LogP contribution in [0.3, 0.4) is 0 Å². The average Bonchev–Trinajstić information content (AvgIpc) is 2.39. The van der Waals surface area contributed by atoms with E-state index >= 15 is 0 Å². The predicted molar refractivity (Wildman–Crippen MR) is 76.4 cm³/mol. The molecule has 0 aromatic carbocycles. The van der Waals surface area contributed by atoms with Gasteiger partial charge in [-0.3, -0.25) is 0 Å². The fourth-order valence-corrected chi connectivity index (χ4v) is 2.99. The van der Waals surface area contributed by atoms with Gasteiger partial charge in [-0.1, -0.05) is 25.7 Å². The molecule has 0 aromatic rings. The predicted octanol–water partition coefficient (Wildman–Crippen LogP) is 3.28. The second-order valence-electron chi connectivity index (χ2n) is 7.26. The van der Waals surface area contributed by atoms with E-state index in [1.165, 1.54) is 51.6 Å². The van der Waals surface area contributed by atoms with Crippen LogP contribution in [0.5, 0.6) is 0 Å². The molecule has 0 aromatic heterocycles. The first-order valence-electron chi connectivity index (χ1n) is 7.23. The van der Waals surface area contributed by atoms with Gasteiger partial charge in [0.25, 0.3) is 0 Å². The number of nitrogens with zero attached hydrogens (tertiary/aromatic N) is 1. The molecule has 0 aliphatic heterocycles. The third-order valence-corrected chi connectivity index (χ3v) is 3.81. The zero-order valence-electron chi connectivity index (χ0n) is 12.6. The van der Waals surface area contributed by atoms with Crippen LogP contribution in [0.4, 0.5) is 0 Å². The molecule has 0 bridgehead atoms. The van der Waals surface area contributed by atoms with Gasteiger partial charge in [0.15, 0.2) is 0 Å². The Hall–Kier alpha value is -0.0800. The van der Waals surface area contributed by atoms with Crippen LogP contribution in [0, 0.1) is 5.41 Å². The summed E-state index contributed by atoms with van der Waals surface area (Å²) in [7, 11) is 4.42. The maximum Gasteiger partial charge on any atom is 0.00967 e. The van der Waals surface area contributed by atoms with E-state index in [-0.39, 0.29) is 5.54 Å². The van der Waals surface area contributed by atoms with Gasteiger partial charge >= 0.3 is 0 Å². The molecule has 0 radical (unpaired) electrons. The molecular weight excluding hydrogens is 208 g/mol. The van der Waals surface area contributed by atoms with E-state index in [2.05, 4.69) is 45.1 Å². The molecule has 0 atom stereocenters. The number of rotatable bonds is 4. The van der Waals surface area contributed by atoms with Crippen molar-refractivity contribution in [3.63, 3.8) is 0 Å². The molecule has 0 amide bonds. The van der Waals surface area contributed by atoms with Gasteiger partial charge in [-0.2, -0.15) is 0 Å². The van der Waals surface area contributed by atoms with Crippen molar-refractivity contribution < 1.29 is 0 Å². The van der Waals surface area contributed by atoms with E-state index in [1.807, 2.05) is 0 Å². The van der Waals surface area contributed by atoms with Crippen molar-refractivity contribution in [3.05, 3.63) is 0 Å². The van der Waals surface area contributed by atoms with Gasteiger partial charge in [-0.15, -0.1) is 0 Å². The van der Waals surface area contributed by atoms with Crippen LogP contribution in [-0.2, 0) is 0 Å². The fraction of sp³-hybridized carbons (Fsp3) is 1.00. The lowest BCUT2D eigenvalue weighted by Gasteiger charge is -2.38. The van der Waals surface area contributed by atoms with Gasteiger partial charge < -0.3 is 10.2 Å². The van der Waals surface area contributed by atoms with Crippen molar-refractivity contribution >= 4 is 0 Å². The van der Waals surface area contributed by atoms with Crippen molar-refractivity contribution in [2.45, 2.75) is 64.8 Å². The van der Waals surface area contributed by atoms with Crippen LogP contribution in [0.2, 0.25) is 0 Å². The van der Waals surface area contributed by atoms with E-state index in [9.17, 15) is 0 Å². The lowest BCUT2D eigenvalue weighted by Crippen LogP contribution is -2.47. The minimum Gasteiger partial charge on any atom is -0.311 e. The lowest BCUT2D eigenvalue weighted by molar-refractivity contribution is 0.151. The summed E-state index contributed by atoms with van der Waals surface area (Å²) in [5.74, 6) is 0. The van der Waals surface area contributed by atoms with Crippen molar-refractivity contribution in [2.75, 3.05) is 27.2 Å². The summed E-state index contributed by atoms with van der Waals surface area (Å²) < 4.78 is 0. The molecular formula is C15H32N2. The Morgan fingerprint density at radius 3 is 1.94 bits per heavy atom. The van der Waals surface area contributed by atoms with Crippen LogP contribution in [-0.4, -0.2) is 37.6 Å². The van der Waals surface area contributed by atoms with Crippen LogP contribution in [0.25, 0.3) is 0 Å². The molecule has 0 unspecified atom stereocenters. The first kappa shape index (κ1) is 15.0. The van der Waals surface area contributed by atoms with Gasteiger partial charge in [0.05, 0.1) is 0 Å². The largest absolute Gasteiger partial charge is 0.311 e. The standard InChI is InChI=1S/C15H32N2/c1-14(2,3)16-12-15(13-17(4)5)10-8-6-7-9-11-15/h16H,6-13H2,1-5H3. The maximum absolute atomic E-state index is 3.74.